The van der Waals surface area contributed by atoms with E-state index in [2.05, 4.69) is 39.2 Å². The molecular weight excluding hydrogens is 506 g/mol. The quantitative estimate of drug-likeness (QED) is 0.274. The third-order valence-electron chi connectivity index (χ3n) is 6.18. The van der Waals surface area contributed by atoms with E-state index in [9.17, 15) is 4.79 Å². The van der Waals surface area contributed by atoms with Crippen LogP contribution in [-0.2, 0) is 4.74 Å². The minimum absolute atomic E-state index is 0.283. The van der Waals surface area contributed by atoms with E-state index < -0.39 is 0 Å². The van der Waals surface area contributed by atoms with E-state index in [1.807, 2.05) is 56.1 Å². The van der Waals surface area contributed by atoms with Crippen LogP contribution in [0.25, 0.3) is 10.2 Å². The van der Waals surface area contributed by atoms with Gasteiger partial charge in [-0.15, -0.1) is 21.5 Å². The number of para-hydroxylation sites is 1. The molecule has 0 bridgehead atoms. The number of likely N-dealkylation sites (tertiary alicyclic amines) is 1. The van der Waals surface area contributed by atoms with Gasteiger partial charge in [0.05, 0.1) is 16.8 Å². The van der Waals surface area contributed by atoms with Crippen molar-refractivity contribution < 1.29 is 9.53 Å². The van der Waals surface area contributed by atoms with Crippen molar-refractivity contribution in [3.8, 4) is 0 Å². The lowest BCUT2D eigenvalue weighted by atomic mass is 9.95. The van der Waals surface area contributed by atoms with Crippen LogP contribution in [0.2, 0.25) is 0 Å². The maximum Gasteiger partial charge on any atom is 0.358 e. The van der Waals surface area contributed by atoms with Crippen LogP contribution in [0.15, 0.2) is 30.3 Å². The van der Waals surface area contributed by atoms with E-state index in [0.29, 0.717) is 35.0 Å². The van der Waals surface area contributed by atoms with E-state index in [-0.39, 0.29) is 11.9 Å². The highest BCUT2D eigenvalue weighted by molar-refractivity contribution is 7.22. The first-order valence-electron chi connectivity index (χ1n) is 12.4. The van der Waals surface area contributed by atoms with Crippen LogP contribution in [0.3, 0.4) is 0 Å². The molecule has 1 aliphatic heterocycles. The zero-order chi connectivity index (χ0) is 26.1. The number of rotatable bonds is 9. The summed E-state index contributed by atoms with van der Waals surface area (Å²) in [6.07, 6.45) is 0. The molecule has 1 N–H and O–H groups in total. The molecule has 194 valence electrons. The monoisotopic (exact) mass is 537 g/mol. The molecule has 0 aliphatic carbocycles. The Morgan fingerprint density at radius 3 is 2.70 bits per heavy atom. The Hall–Kier alpha value is -3.15. The summed E-state index contributed by atoms with van der Waals surface area (Å²) < 4.78 is 6.44. The topological polar surface area (TPSA) is 96.4 Å². The van der Waals surface area contributed by atoms with Gasteiger partial charge in [-0.3, -0.25) is 0 Å². The van der Waals surface area contributed by atoms with Crippen molar-refractivity contribution in [3.63, 3.8) is 0 Å². The van der Waals surface area contributed by atoms with Crippen molar-refractivity contribution in [2.45, 2.75) is 33.6 Å². The van der Waals surface area contributed by atoms with Crippen molar-refractivity contribution in [1.82, 2.24) is 25.1 Å². The van der Waals surface area contributed by atoms with E-state index in [4.69, 9.17) is 9.72 Å². The second-order valence-corrected chi connectivity index (χ2v) is 11.7. The lowest BCUT2D eigenvalue weighted by Gasteiger charge is -2.39. The number of aromatic nitrogens is 4. The zero-order valence-electron chi connectivity index (χ0n) is 21.7. The second-order valence-electron chi connectivity index (χ2n) is 9.64. The lowest BCUT2D eigenvalue weighted by molar-refractivity contribution is 0.0515. The van der Waals surface area contributed by atoms with Crippen molar-refractivity contribution in [1.29, 1.82) is 0 Å². The molecule has 37 heavy (non-hydrogen) atoms. The van der Waals surface area contributed by atoms with Gasteiger partial charge in [-0.05, 0) is 43.5 Å². The number of benzene rings is 1. The summed E-state index contributed by atoms with van der Waals surface area (Å²) in [5.74, 6) is 1.84. The second kappa shape index (κ2) is 10.7. The number of carbonyl (C=O) groups is 1. The molecule has 1 aliphatic rings. The van der Waals surface area contributed by atoms with Gasteiger partial charge in [-0.2, -0.15) is 0 Å². The molecule has 0 atom stereocenters. The molecule has 0 spiro atoms. The highest BCUT2D eigenvalue weighted by Crippen LogP contribution is 2.39. The molecule has 1 aromatic carbocycles. The predicted octanol–water partition coefficient (Wildman–Crippen LogP) is 5.59. The third-order valence-corrected chi connectivity index (χ3v) is 8.43. The van der Waals surface area contributed by atoms with Crippen LogP contribution in [0.4, 0.5) is 21.9 Å². The normalized spacial score (nSPS) is 14.2. The number of aryl methyl sites for hydroxylation is 1. The SMILES string of the molecule is CCOC(=O)c1nc(N(C)c2cc(C)c(Nc3nc4ccccc4s3)nn2)sc1C1CN(CC(C)C)C1. The van der Waals surface area contributed by atoms with E-state index >= 15 is 0 Å². The molecule has 0 saturated carbocycles. The molecule has 0 amide bonds. The summed E-state index contributed by atoms with van der Waals surface area (Å²) in [7, 11) is 1.90. The summed E-state index contributed by atoms with van der Waals surface area (Å²) in [5, 5.41) is 13.6. The van der Waals surface area contributed by atoms with Gasteiger partial charge in [0.2, 0.25) is 0 Å². The summed E-state index contributed by atoms with van der Waals surface area (Å²) in [4.78, 5) is 27.3. The standard InChI is InChI=1S/C26H31N7O2S2/c1-6-35-24(34)21-22(17-13-33(14-17)12-15(2)3)37-26(28-21)32(5)20-11-16(4)23(31-30-20)29-25-27-18-9-7-8-10-19(18)36-25/h7-11,15,17H,6,12-14H2,1-5H3,(H,27,29,31). The molecule has 1 saturated heterocycles. The maximum atomic E-state index is 12.7. The molecule has 11 heteroatoms. The smallest absolute Gasteiger partial charge is 0.358 e. The Labute approximate surface area is 224 Å². The Balaban J connectivity index is 1.35. The van der Waals surface area contributed by atoms with Crippen LogP contribution in [0, 0.1) is 12.8 Å². The van der Waals surface area contributed by atoms with Gasteiger partial charge in [0.25, 0.3) is 0 Å². The minimum Gasteiger partial charge on any atom is -0.461 e. The molecule has 1 fully saturated rings. The maximum absolute atomic E-state index is 12.7. The Morgan fingerprint density at radius 2 is 2.00 bits per heavy atom. The first-order valence-corrected chi connectivity index (χ1v) is 14.1. The number of anilines is 4. The van der Waals surface area contributed by atoms with Gasteiger partial charge in [-0.1, -0.05) is 37.3 Å². The Bertz CT molecular complexity index is 1380. The van der Waals surface area contributed by atoms with E-state index in [1.54, 1.807) is 11.3 Å². The molecule has 0 radical (unpaired) electrons. The van der Waals surface area contributed by atoms with Gasteiger partial charge in [0.15, 0.2) is 27.6 Å². The molecule has 3 aromatic heterocycles. The molecule has 5 rings (SSSR count). The van der Waals surface area contributed by atoms with Gasteiger partial charge in [-0.25, -0.2) is 14.8 Å². The molecule has 0 unspecified atom stereocenters. The molecule has 4 heterocycles. The number of ether oxygens (including phenoxy) is 1. The predicted molar refractivity (Wildman–Crippen MR) is 150 cm³/mol. The lowest BCUT2D eigenvalue weighted by Crippen LogP contribution is -2.46. The minimum atomic E-state index is -0.367. The first kappa shape index (κ1) is 25.5. The van der Waals surface area contributed by atoms with Crippen molar-refractivity contribution >= 4 is 60.8 Å². The third kappa shape index (κ3) is 5.43. The highest BCUT2D eigenvalue weighted by atomic mass is 32.1. The number of nitrogens with one attached hydrogen (secondary N) is 1. The van der Waals surface area contributed by atoms with Crippen LogP contribution < -0.4 is 10.2 Å². The largest absolute Gasteiger partial charge is 0.461 e. The summed E-state index contributed by atoms with van der Waals surface area (Å²) in [6, 6.07) is 9.98. The zero-order valence-corrected chi connectivity index (χ0v) is 23.3. The van der Waals surface area contributed by atoms with E-state index in [0.717, 1.165) is 45.4 Å². The van der Waals surface area contributed by atoms with E-state index in [1.165, 1.54) is 11.3 Å². The summed E-state index contributed by atoms with van der Waals surface area (Å²) in [5.41, 5.74) is 2.30. The number of nitrogens with zero attached hydrogens (tertiary/aromatic N) is 6. The fraction of sp³-hybridized carbons (Fsp3) is 0.423. The summed E-state index contributed by atoms with van der Waals surface area (Å²) in [6.45, 7) is 11.5. The number of carbonyl (C=O) groups excluding carboxylic acids is 1. The number of esters is 1. The fourth-order valence-corrected chi connectivity index (χ4v) is 6.34. The average molecular weight is 538 g/mol. The van der Waals surface area contributed by atoms with Crippen LogP contribution in [0.1, 0.15) is 47.6 Å². The van der Waals surface area contributed by atoms with Crippen molar-refractivity contribution in [2.24, 2.45) is 5.92 Å². The molecule has 4 aromatic rings. The average Bonchev–Trinajstić information content (AvgIpc) is 3.46. The van der Waals surface area contributed by atoms with Crippen LogP contribution in [0.5, 0.6) is 0 Å². The van der Waals surface area contributed by atoms with Crippen molar-refractivity contribution in [2.75, 3.05) is 43.5 Å². The number of fused-ring (bicyclic) bond motifs is 1. The highest BCUT2D eigenvalue weighted by Gasteiger charge is 2.35. The van der Waals surface area contributed by atoms with Crippen LogP contribution >= 0.6 is 22.7 Å². The Morgan fingerprint density at radius 1 is 1.22 bits per heavy atom. The van der Waals surface area contributed by atoms with Gasteiger partial charge in [0, 0.05) is 37.5 Å². The summed E-state index contributed by atoms with van der Waals surface area (Å²) >= 11 is 3.11. The van der Waals surface area contributed by atoms with Gasteiger partial charge in [0.1, 0.15) is 0 Å². The number of thiazole rings is 2. The first-order chi connectivity index (χ1) is 17.8. The molecule has 9 nitrogen and oxygen atoms in total. The molecular formula is C26H31N7O2S2. The van der Waals surface area contributed by atoms with Crippen LogP contribution in [-0.4, -0.2) is 64.3 Å². The van der Waals surface area contributed by atoms with Crippen molar-refractivity contribution in [3.05, 3.63) is 46.5 Å². The number of hydrogen-bond donors (Lipinski definition) is 1. The Kier molecular flexibility index (Phi) is 7.36. The van der Waals surface area contributed by atoms with Gasteiger partial charge >= 0.3 is 5.97 Å². The number of hydrogen-bond acceptors (Lipinski definition) is 11. The van der Waals surface area contributed by atoms with Gasteiger partial charge < -0.3 is 19.9 Å². The fourth-order valence-electron chi connectivity index (χ4n) is 4.37.